The van der Waals surface area contributed by atoms with Gasteiger partial charge in [0.15, 0.2) is 0 Å². The van der Waals surface area contributed by atoms with Crippen LogP contribution in [-0.4, -0.2) is 5.97 Å². The van der Waals surface area contributed by atoms with Gasteiger partial charge in [-0.3, -0.25) is 4.79 Å². The largest absolute Gasteiger partial charge is 0.460 e. The van der Waals surface area contributed by atoms with Crippen molar-refractivity contribution in [2.24, 2.45) is 23.2 Å². The van der Waals surface area contributed by atoms with Gasteiger partial charge in [0.05, 0.1) is 5.41 Å². The lowest BCUT2D eigenvalue weighted by atomic mass is 9.49. The van der Waals surface area contributed by atoms with E-state index in [1.54, 1.807) is 0 Å². The average Bonchev–Trinajstić information content (AvgIpc) is 2.44. The molecule has 1 aromatic carbocycles. The van der Waals surface area contributed by atoms with Gasteiger partial charge in [0.2, 0.25) is 0 Å². The second kappa shape index (κ2) is 5.01. The number of carbonyl (C=O) groups is 1. The van der Waals surface area contributed by atoms with Crippen LogP contribution < -0.4 is 0 Å². The van der Waals surface area contributed by atoms with Crippen LogP contribution in [0.25, 0.3) is 0 Å². The van der Waals surface area contributed by atoms with Gasteiger partial charge in [-0.1, -0.05) is 29.8 Å². The third-order valence-corrected chi connectivity index (χ3v) is 6.16. The number of hydrogen-bond acceptors (Lipinski definition) is 2. The van der Waals surface area contributed by atoms with Crippen LogP contribution in [0, 0.1) is 23.2 Å². The highest BCUT2D eigenvalue weighted by atomic mass is 35.5. The smallest absolute Gasteiger partial charge is 0.312 e. The molecule has 0 aliphatic heterocycles. The van der Waals surface area contributed by atoms with Crippen LogP contribution in [0.15, 0.2) is 24.3 Å². The molecule has 2 nitrogen and oxygen atoms in total. The molecule has 0 unspecified atom stereocenters. The van der Waals surface area contributed by atoms with Gasteiger partial charge in [0.25, 0.3) is 0 Å². The Bertz CT molecular complexity index is 531. The molecular weight excluding hydrogens is 284 g/mol. The summed E-state index contributed by atoms with van der Waals surface area (Å²) in [5, 5.41) is 0.677. The molecule has 0 spiro atoms. The molecule has 1 aromatic rings. The number of benzene rings is 1. The van der Waals surface area contributed by atoms with Crippen molar-refractivity contribution in [2.45, 2.75) is 45.1 Å². The van der Waals surface area contributed by atoms with Crippen molar-refractivity contribution in [1.29, 1.82) is 0 Å². The van der Waals surface area contributed by atoms with Crippen molar-refractivity contribution in [3.05, 3.63) is 34.9 Å². The molecule has 0 heterocycles. The van der Waals surface area contributed by atoms with Crippen LogP contribution in [0.1, 0.15) is 44.1 Å². The Kier molecular flexibility index (Phi) is 3.25. The molecule has 0 atom stereocenters. The van der Waals surface area contributed by atoms with Gasteiger partial charge in [-0.05, 0) is 62.3 Å². The summed E-state index contributed by atoms with van der Waals surface area (Å²) in [7, 11) is 0. The minimum atomic E-state index is -0.171. The number of hydrogen-bond donors (Lipinski definition) is 0. The van der Waals surface area contributed by atoms with Crippen molar-refractivity contribution in [2.75, 3.05) is 0 Å². The van der Waals surface area contributed by atoms with Crippen LogP contribution in [-0.2, 0) is 16.1 Å². The van der Waals surface area contributed by atoms with E-state index in [4.69, 9.17) is 16.3 Å². The Morgan fingerprint density at radius 2 is 1.67 bits per heavy atom. The van der Waals surface area contributed by atoms with E-state index in [2.05, 4.69) is 0 Å². The van der Waals surface area contributed by atoms with Gasteiger partial charge < -0.3 is 4.74 Å². The summed E-state index contributed by atoms with van der Waals surface area (Å²) in [5.74, 6) is 2.33. The summed E-state index contributed by atoms with van der Waals surface area (Å²) >= 11 is 6.14. The summed E-state index contributed by atoms with van der Waals surface area (Å²) in [6.45, 7) is 0.306. The fourth-order valence-electron chi connectivity index (χ4n) is 5.27. The monoisotopic (exact) mass is 304 g/mol. The summed E-state index contributed by atoms with van der Waals surface area (Å²) in [4.78, 5) is 12.7. The molecule has 4 bridgehead atoms. The third-order valence-electron chi connectivity index (χ3n) is 5.79. The zero-order chi connectivity index (χ0) is 14.4. The van der Waals surface area contributed by atoms with Gasteiger partial charge in [-0.25, -0.2) is 0 Å². The van der Waals surface area contributed by atoms with Crippen molar-refractivity contribution in [3.8, 4) is 0 Å². The molecule has 3 heteroatoms. The molecule has 4 aliphatic carbocycles. The second-order valence-electron chi connectivity index (χ2n) is 7.37. The highest BCUT2D eigenvalue weighted by Crippen LogP contribution is 2.60. The topological polar surface area (TPSA) is 26.3 Å². The highest BCUT2D eigenvalue weighted by Gasteiger charge is 2.55. The Morgan fingerprint density at radius 3 is 2.24 bits per heavy atom. The molecular formula is C18H21ClO2. The van der Waals surface area contributed by atoms with E-state index >= 15 is 0 Å². The molecule has 0 radical (unpaired) electrons. The minimum Gasteiger partial charge on any atom is -0.460 e. The van der Waals surface area contributed by atoms with E-state index in [0.29, 0.717) is 11.6 Å². The van der Waals surface area contributed by atoms with Crippen molar-refractivity contribution >= 4 is 17.6 Å². The molecule has 4 aliphatic rings. The maximum Gasteiger partial charge on any atom is 0.312 e. The zero-order valence-corrected chi connectivity index (χ0v) is 12.9. The molecule has 0 amide bonds. The van der Waals surface area contributed by atoms with Crippen LogP contribution in [0.4, 0.5) is 0 Å². The van der Waals surface area contributed by atoms with Gasteiger partial charge in [-0.15, -0.1) is 0 Å². The number of halogens is 1. The third kappa shape index (κ3) is 2.38. The van der Waals surface area contributed by atoms with Crippen LogP contribution in [0.5, 0.6) is 0 Å². The molecule has 4 saturated carbocycles. The highest BCUT2D eigenvalue weighted by molar-refractivity contribution is 6.31. The fraction of sp³-hybridized carbons (Fsp3) is 0.611. The van der Waals surface area contributed by atoms with E-state index in [9.17, 15) is 4.79 Å². The summed E-state index contributed by atoms with van der Waals surface area (Å²) in [5.41, 5.74) is 0.730. The number of carbonyl (C=O) groups excluding carboxylic acids is 1. The summed E-state index contributed by atoms with van der Waals surface area (Å²) < 4.78 is 5.67. The summed E-state index contributed by atoms with van der Waals surface area (Å²) in [6, 6.07) is 7.59. The second-order valence-corrected chi connectivity index (χ2v) is 7.77. The quantitative estimate of drug-likeness (QED) is 0.763. The fourth-order valence-corrected chi connectivity index (χ4v) is 5.46. The standard InChI is InChI=1S/C18H21ClO2/c19-16-4-2-1-3-15(16)11-21-17(20)18-8-12-5-13(9-18)7-14(6-12)10-18/h1-4,12-14H,5-11H2. The Balaban J connectivity index is 1.47. The first-order valence-electron chi connectivity index (χ1n) is 8.05. The van der Waals surface area contributed by atoms with Crippen LogP contribution in [0.2, 0.25) is 5.02 Å². The first kappa shape index (κ1) is 13.6. The van der Waals surface area contributed by atoms with Gasteiger partial charge in [-0.2, -0.15) is 0 Å². The van der Waals surface area contributed by atoms with Crippen LogP contribution in [0.3, 0.4) is 0 Å². The maximum absolute atomic E-state index is 12.7. The normalized spacial score (nSPS) is 36.7. The zero-order valence-electron chi connectivity index (χ0n) is 12.2. The van der Waals surface area contributed by atoms with Gasteiger partial charge >= 0.3 is 5.97 Å². The van der Waals surface area contributed by atoms with Crippen molar-refractivity contribution in [1.82, 2.24) is 0 Å². The van der Waals surface area contributed by atoms with Gasteiger partial charge in [0.1, 0.15) is 6.61 Å². The molecule has 0 aromatic heterocycles. The Morgan fingerprint density at radius 1 is 1.10 bits per heavy atom. The predicted molar refractivity (Wildman–Crippen MR) is 81.9 cm³/mol. The molecule has 0 N–H and O–H groups in total. The first-order valence-corrected chi connectivity index (χ1v) is 8.43. The Labute approximate surface area is 130 Å². The Hall–Kier alpha value is -1.02. The van der Waals surface area contributed by atoms with E-state index in [-0.39, 0.29) is 11.4 Å². The summed E-state index contributed by atoms with van der Waals surface area (Å²) in [6.07, 6.45) is 7.20. The van der Waals surface area contributed by atoms with E-state index in [1.165, 1.54) is 19.3 Å². The maximum atomic E-state index is 12.7. The number of ether oxygens (including phenoxy) is 1. The van der Waals surface area contributed by atoms with Crippen LogP contribution >= 0.6 is 11.6 Å². The molecule has 4 fully saturated rings. The number of esters is 1. The minimum absolute atomic E-state index is 0.0292. The molecule has 0 saturated heterocycles. The predicted octanol–water partition coefficient (Wildman–Crippen LogP) is 4.60. The lowest BCUT2D eigenvalue weighted by molar-refractivity contribution is -0.172. The van der Waals surface area contributed by atoms with Crippen molar-refractivity contribution < 1.29 is 9.53 Å². The van der Waals surface area contributed by atoms with Crippen molar-refractivity contribution in [3.63, 3.8) is 0 Å². The lowest BCUT2D eigenvalue weighted by Crippen LogP contribution is -2.50. The van der Waals surface area contributed by atoms with E-state index in [1.807, 2.05) is 24.3 Å². The van der Waals surface area contributed by atoms with E-state index < -0.39 is 0 Å². The molecule has 112 valence electrons. The SMILES string of the molecule is O=C(OCc1ccccc1Cl)C12CC3CC(CC(C3)C1)C2. The van der Waals surface area contributed by atoms with E-state index in [0.717, 1.165) is 42.6 Å². The lowest BCUT2D eigenvalue weighted by Gasteiger charge is -2.55. The first-order chi connectivity index (χ1) is 10.1. The molecule has 21 heavy (non-hydrogen) atoms. The average molecular weight is 305 g/mol. The van der Waals surface area contributed by atoms with Gasteiger partial charge in [0, 0.05) is 10.6 Å². The number of rotatable bonds is 3. The molecule has 5 rings (SSSR count).